The number of aromatic hydroxyl groups is 2. The molecule has 98 valence electrons. The topological polar surface area (TPSA) is 69.6 Å². The third-order valence-electron chi connectivity index (χ3n) is 2.70. The maximum Gasteiger partial charge on any atom is 0.224 e. The van der Waals surface area contributed by atoms with E-state index >= 15 is 0 Å². The van der Waals surface area contributed by atoms with Crippen molar-refractivity contribution in [3.05, 3.63) is 59.7 Å². The zero-order valence-corrected chi connectivity index (χ0v) is 10.3. The van der Waals surface area contributed by atoms with Gasteiger partial charge in [0, 0.05) is 6.54 Å². The average Bonchev–Trinajstić information content (AvgIpc) is 2.39. The number of phenols is 2. The molecule has 0 radical (unpaired) electrons. The summed E-state index contributed by atoms with van der Waals surface area (Å²) >= 11 is 0. The minimum absolute atomic E-state index is 0.103. The van der Waals surface area contributed by atoms with Crippen LogP contribution in [0.2, 0.25) is 0 Å². The van der Waals surface area contributed by atoms with Gasteiger partial charge in [-0.25, -0.2) is 0 Å². The summed E-state index contributed by atoms with van der Waals surface area (Å²) in [6.07, 6.45) is 0.263. The van der Waals surface area contributed by atoms with Crippen molar-refractivity contribution in [3.8, 4) is 11.5 Å². The number of nitrogens with one attached hydrogen (secondary N) is 1. The van der Waals surface area contributed by atoms with Gasteiger partial charge in [-0.3, -0.25) is 4.79 Å². The Kier molecular flexibility index (Phi) is 4.03. The summed E-state index contributed by atoms with van der Waals surface area (Å²) in [7, 11) is 0. The SMILES string of the molecule is O=C(Cc1ccc(O)cc1)NCc1cccc(O)c1. The zero-order chi connectivity index (χ0) is 13.7. The highest BCUT2D eigenvalue weighted by Gasteiger charge is 2.03. The van der Waals surface area contributed by atoms with E-state index in [1.165, 1.54) is 0 Å². The monoisotopic (exact) mass is 257 g/mol. The molecular formula is C15H15NO3. The van der Waals surface area contributed by atoms with Crippen molar-refractivity contribution in [3.63, 3.8) is 0 Å². The molecule has 0 spiro atoms. The van der Waals surface area contributed by atoms with E-state index in [-0.39, 0.29) is 23.8 Å². The Hall–Kier alpha value is -2.49. The smallest absolute Gasteiger partial charge is 0.224 e. The summed E-state index contributed by atoms with van der Waals surface area (Å²) in [4.78, 5) is 11.7. The third kappa shape index (κ3) is 4.03. The van der Waals surface area contributed by atoms with Crippen molar-refractivity contribution >= 4 is 5.91 Å². The van der Waals surface area contributed by atoms with Crippen LogP contribution in [0, 0.1) is 0 Å². The lowest BCUT2D eigenvalue weighted by molar-refractivity contribution is -0.120. The second kappa shape index (κ2) is 5.91. The van der Waals surface area contributed by atoms with Gasteiger partial charge in [0.2, 0.25) is 5.91 Å². The number of hydrogen-bond donors (Lipinski definition) is 3. The molecular weight excluding hydrogens is 242 g/mol. The Morgan fingerprint density at radius 3 is 2.37 bits per heavy atom. The van der Waals surface area contributed by atoms with Gasteiger partial charge >= 0.3 is 0 Å². The van der Waals surface area contributed by atoms with Crippen molar-refractivity contribution in [2.45, 2.75) is 13.0 Å². The summed E-state index contributed by atoms with van der Waals surface area (Å²) in [6, 6.07) is 13.3. The normalized spacial score (nSPS) is 10.1. The van der Waals surface area contributed by atoms with E-state index in [1.807, 2.05) is 6.07 Å². The highest BCUT2D eigenvalue weighted by molar-refractivity contribution is 5.78. The molecule has 0 saturated heterocycles. The zero-order valence-electron chi connectivity index (χ0n) is 10.3. The second-order valence-electron chi connectivity index (χ2n) is 4.29. The van der Waals surface area contributed by atoms with Gasteiger partial charge in [0.25, 0.3) is 0 Å². The summed E-state index contributed by atoms with van der Waals surface area (Å²) in [5, 5.41) is 21.2. The lowest BCUT2D eigenvalue weighted by Gasteiger charge is -2.06. The van der Waals surface area contributed by atoms with E-state index < -0.39 is 0 Å². The van der Waals surface area contributed by atoms with E-state index in [9.17, 15) is 9.90 Å². The van der Waals surface area contributed by atoms with Gasteiger partial charge in [0.1, 0.15) is 11.5 Å². The highest BCUT2D eigenvalue weighted by atomic mass is 16.3. The van der Waals surface area contributed by atoms with Crippen molar-refractivity contribution in [2.24, 2.45) is 0 Å². The minimum atomic E-state index is -0.103. The molecule has 4 nitrogen and oxygen atoms in total. The maximum atomic E-state index is 11.7. The van der Waals surface area contributed by atoms with Gasteiger partial charge in [-0.05, 0) is 35.4 Å². The number of carbonyl (C=O) groups excluding carboxylic acids is 1. The number of rotatable bonds is 4. The van der Waals surface area contributed by atoms with Gasteiger partial charge in [-0.2, -0.15) is 0 Å². The predicted molar refractivity (Wildman–Crippen MR) is 71.8 cm³/mol. The van der Waals surface area contributed by atoms with Gasteiger partial charge in [0.05, 0.1) is 6.42 Å². The van der Waals surface area contributed by atoms with Gasteiger partial charge in [-0.15, -0.1) is 0 Å². The molecule has 0 aromatic heterocycles. The highest BCUT2D eigenvalue weighted by Crippen LogP contribution is 2.11. The third-order valence-corrected chi connectivity index (χ3v) is 2.70. The molecule has 3 N–H and O–H groups in total. The Labute approximate surface area is 111 Å². The molecule has 0 aliphatic carbocycles. The van der Waals surface area contributed by atoms with Crippen molar-refractivity contribution in [1.82, 2.24) is 5.32 Å². The molecule has 19 heavy (non-hydrogen) atoms. The largest absolute Gasteiger partial charge is 0.508 e. The Balaban J connectivity index is 1.86. The van der Waals surface area contributed by atoms with E-state index in [0.717, 1.165) is 11.1 Å². The fourth-order valence-corrected chi connectivity index (χ4v) is 1.73. The number of benzene rings is 2. The molecule has 1 amide bonds. The lowest BCUT2D eigenvalue weighted by atomic mass is 10.1. The molecule has 0 fully saturated rings. The molecule has 2 aromatic rings. The molecule has 0 heterocycles. The van der Waals surface area contributed by atoms with Crippen molar-refractivity contribution < 1.29 is 15.0 Å². The van der Waals surface area contributed by atoms with Gasteiger partial charge < -0.3 is 15.5 Å². The number of amides is 1. The molecule has 4 heteroatoms. The number of carbonyl (C=O) groups is 1. The quantitative estimate of drug-likeness (QED) is 0.784. The van der Waals surface area contributed by atoms with Crippen LogP contribution < -0.4 is 5.32 Å². The molecule has 0 bridgehead atoms. The molecule has 0 aliphatic heterocycles. The fourth-order valence-electron chi connectivity index (χ4n) is 1.73. The van der Waals surface area contributed by atoms with Crippen LogP contribution in [-0.2, 0) is 17.8 Å². The summed E-state index contributed by atoms with van der Waals surface area (Å²) in [5.41, 5.74) is 1.69. The second-order valence-corrected chi connectivity index (χ2v) is 4.29. The standard InChI is InChI=1S/C15H15NO3/c17-13-6-4-11(5-7-13)9-15(19)16-10-12-2-1-3-14(18)8-12/h1-8,17-18H,9-10H2,(H,16,19). The van der Waals surface area contributed by atoms with Crippen LogP contribution in [0.3, 0.4) is 0 Å². The van der Waals surface area contributed by atoms with E-state index in [4.69, 9.17) is 5.11 Å². The van der Waals surface area contributed by atoms with E-state index in [2.05, 4.69) is 5.32 Å². The summed E-state index contributed by atoms with van der Waals surface area (Å²) < 4.78 is 0. The molecule has 0 atom stereocenters. The molecule has 2 rings (SSSR count). The van der Waals surface area contributed by atoms with Crippen LogP contribution in [0.15, 0.2) is 48.5 Å². The minimum Gasteiger partial charge on any atom is -0.508 e. The van der Waals surface area contributed by atoms with Gasteiger partial charge in [-0.1, -0.05) is 24.3 Å². The first-order valence-electron chi connectivity index (χ1n) is 5.96. The Morgan fingerprint density at radius 2 is 1.68 bits per heavy atom. The van der Waals surface area contributed by atoms with E-state index in [1.54, 1.807) is 42.5 Å². The molecule has 0 unspecified atom stereocenters. The van der Waals surface area contributed by atoms with E-state index in [0.29, 0.717) is 6.54 Å². The van der Waals surface area contributed by atoms with Crippen molar-refractivity contribution in [1.29, 1.82) is 0 Å². The molecule has 2 aromatic carbocycles. The Bertz CT molecular complexity index is 564. The van der Waals surface area contributed by atoms with Crippen molar-refractivity contribution in [2.75, 3.05) is 0 Å². The first kappa shape index (κ1) is 13.0. The number of phenolic OH excluding ortho intramolecular Hbond substituents is 2. The van der Waals surface area contributed by atoms with Crippen LogP contribution in [-0.4, -0.2) is 16.1 Å². The first-order valence-corrected chi connectivity index (χ1v) is 5.96. The van der Waals surface area contributed by atoms with Crippen LogP contribution >= 0.6 is 0 Å². The first-order chi connectivity index (χ1) is 9.13. The average molecular weight is 257 g/mol. The summed E-state index contributed by atoms with van der Waals surface area (Å²) in [6.45, 7) is 0.380. The molecule has 0 aliphatic rings. The van der Waals surface area contributed by atoms with Crippen LogP contribution in [0.1, 0.15) is 11.1 Å². The van der Waals surface area contributed by atoms with Gasteiger partial charge in [0.15, 0.2) is 0 Å². The predicted octanol–water partition coefficient (Wildman–Crippen LogP) is 1.96. The lowest BCUT2D eigenvalue weighted by Crippen LogP contribution is -2.24. The maximum absolute atomic E-state index is 11.7. The number of hydrogen-bond acceptors (Lipinski definition) is 3. The fraction of sp³-hybridized carbons (Fsp3) is 0.133. The van der Waals surface area contributed by atoms with Crippen LogP contribution in [0.5, 0.6) is 11.5 Å². The Morgan fingerprint density at radius 1 is 0.947 bits per heavy atom. The van der Waals surface area contributed by atoms with Crippen LogP contribution in [0.25, 0.3) is 0 Å². The molecule has 0 saturated carbocycles. The van der Waals surface area contributed by atoms with Crippen LogP contribution in [0.4, 0.5) is 0 Å². The summed E-state index contributed by atoms with van der Waals surface area (Å²) in [5.74, 6) is 0.267.